The van der Waals surface area contributed by atoms with Crippen LogP contribution in [0.1, 0.15) is 34.6 Å². The summed E-state index contributed by atoms with van der Waals surface area (Å²) in [5.74, 6) is -1.15. The zero-order chi connectivity index (χ0) is 24.1. The minimum Gasteiger partial charge on any atom is -0.462 e. The summed E-state index contributed by atoms with van der Waals surface area (Å²) in [5, 5.41) is 13.8. The zero-order valence-corrected chi connectivity index (χ0v) is 18.9. The number of carbonyl (C=O) groups excluding carboxylic acids is 3. The molecule has 0 saturated carbocycles. The van der Waals surface area contributed by atoms with Gasteiger partial charge in [0.15, 0.2) is 0 Å². The lowest BCUT2D eigenvalue weighted by molar-refractivity contribution is -0.384. The second-order valence-corrected chi connectivity index (χ2v) is 7.73. The molecule has 1 fully saturated rings. The van der Waals surface area contributed by atoms with Crippen molar-refractivity contribution in [3.8, 4) is 0 Å². The largest absolute Gasteiger partial charge is 0.462 e. The number of nitro benzene ring substituents is 1. The Hall–Kier alpha value is -3.66. The van der Waals surface area contributed by atoms with Crippen LogP contribution in [0, 0.1) is 10.1 Å². The van der Waals surface area contributed by atoms with Crippen molar-refractivity contribution >= 4 is 46.4 Å². The molecule has 33 heavy (non-hydrogen) atoms. The average molecular weight is 475 g/mol. The van der Waals surface area contributed by atoms with Crippen molar-refractivity contribution in [3.63, 3.8) is 0 Å². The van der Waals surface area contributed by atoms with Crippen LogP contribution in [0.15, 0.2) is 36.4 Å². The summed E-state index contributed by atoms with van der Waals surface area (Å²) in [6, 6.07) is 8.57. The fourth-order valence-electron chi connectivity index (χ4n) is 3.50. The topological polar surface area (TPSA) is 122 Å². The molecule has 0 bridgehead atoms. The van der Waals surface area contributed by atoms with Gasteiger partial charge in [-0.25, -0.2) is 4.79 Å². The van der Waals surface area contributed by atoms with Crippen LogP contribution < -0.4 is 10.2 Å². The maximum atomic E-state index is 12.9. The molecule has 1 heterocycles. The van der Waals surface area contributed by atoms with Crippen molar-refractivity contribution in [3.05, 3.63) is 62.7 Å². The molecule has 0 atom stereocenters. The maximum absolute atomic E-state index is 12.9. The molecule has 10 nitrogen and oxygen atoms in total. The van der Waals surface area contributed by atoms with Gasteiger partial charge in [0.05, 0.1) is 28.5 Å². The molecule has 1 N–H and O–H groups in total. The summed E-state index contributed by atoms with van der Waals surface area (Å²) in [5.41, 5.74) is 0.910. The highest BCUT2D eigenvalue weighted by Crippen LogP contribution is 2.30. The first-order chi connectivity index (χ1) is 15.7. The number of piperazine rings is 1. The third-order valence-corrected chi connectivity index (χ3v) is 5.55. The van der Waals surface area contributed by atoms with E-state index in [-0.39, 0.29) is 34.4 Å². The number of ether oxygens (including phenoxy) is 1. The van der Waals surface area contributed by atoms with E-state index in [0.717, 1.165) is 6.07 Å². The molecule has 174 valence electrons. The van der Waals surface area contributed by atoms with Crippen molar-refractivity contribution in [2.45, 2.75) is 13.8 Å². The summed E-state index contributed by atoms with van der Waals surface area (Å²) in [6.07, 6.45) is 0. The van der Waals surface area contributed by atoms with Gasteiger partial charge in [-0.2, -0.15) is 0 Å². The van der Waals surface area contributed by atoms with Gasteiger partial charge in [-0.05, 0) is 37.3 Å². The van der Waals surface area contributed by atoms with Crippen molar-refractivity contribution in [1.29, 1.82) is 0 Å². The number of carbonyl (C=O) groups is 3. The van der Waals surface area contributed by atoms with E-state index in [9.17, 15) is 24.5 Å². The zero-order valence-electron chi connectivity index (χ0n) is 18.2. The van der Waals surface area contributed by atoms with E-state index in [0.29, 0.717) is 37.6 Å². The summed E-state index contributed by atoms with van der Waals surface area (Å²) in [7, 11) is 0. The summed E-state index contributed by atoms with van der Waals surface area (Å²) < 4.78 is 5.05. The second kappa shape index (κ2) is 10.3. The van der Waals surface area contributed by atoms with E-state index in [4.69, 9.17) is 16.3 Å². The minimum absolute atomic E-state index is 0.00910. The van der Waals surface area contributed by atoms with Crippen LogP contribution in [0.2, 0.25) is 5.02 Å². The second-order valence-electron chi connectivity index (χ2n) is 7.32. The highest BCUT2D eigenvalue weighted by Gasteiger charge is 2.23. The fraction of sp³-hybridized carbons (Fsp3) is 0.318. The average Bonchev–Trinajstić information content (AvgIpc) is 2.79. The van der Waals surface area contributed by atoms with Crippen LogP contribution in [0.5, 0.6) is 0 Å². The smallest absolute Gasteiger partial charge is 0.338 e. The molecule has 0 aliphatic carbocycles. The Bertz CT molecular complexity index is 1100. The molecule has 1 aliphatic heterocycles. The van der Waals surface area contributed by atoms with Crippen LogP contribution in [-0.4, -0.2) is 60.4 Å². The van der Waals surface area contributed by atoms with E-state index < -0.39 is 16.8 Å². The number of nitrogens with one attached hydrogen (secondary N) is 1. The van der Waals surface area contributed by atoms with Crippen LogP contribution in [-0.2, 0) is 9.53 Å². The van der Waals surface area contributed by atoms with E-state index >= 15 is 0 Å². The molecular weight excluding hydrogens is 452 g/mol. The number of amides is 2. The summed E-state index contributed by atoms with van der Waals surface area (Å²) >= 11 is 5.84. The standard InChI is InChI=1S/C22H23ClN4O6/c1-3-33-22(30)16-5-7-19(26-10-8-25(9-11-26)14(2)28)18(12-16)24-21(29)15-4-6-17(23)20(13-15)27(31)32/h4-7,12-13H,3,8-11H2,1-2H3,(H,24,29). The van der Waals surface area contributed by atoms with Gasteiger partial charge in [0.1, 0.15) is 5.02 Å². The number of rotatable bonds is 6. The highest BCUT2D eigenvalue weighted by atomic mass is 35.5. The fourth-order valence-corrected chi connectivity index (χ4v) is 3.69. The van der Waals surface area contributed by atoms with Gasteiger partial charge in [0.2, 0.25) is 5.91 Å². The number of benzene rings is 2. The molecule has 11 heteroatoms. The van der Waals surface area contributed by atoms with Crippen molar-refractivity contribution < 1.29 is 24.0 Å². The number of nitro groups is 1. The molecule has 0 spiro atoms. The first kappa shape index (κ1) is 24.0. The summed E-state index contributed by atoms with van der Waals surface area (Å²) in [6.45, 7) is 5.51. The number of anilines is 2. The van der Waals surface area contributed by atoms with Gasteiger partial charge < -0.3 is 19.9 Å². The van der Waals surface area contributed by atoms with Gasteiger partial charge in [0, 0.05) is 44.7 Å². The highest BCUT2D eigenvalue weighted by molar-refractivity contribution is 6.32. The molecule has 0 radical (unpaired) electrons. The Labute approximate surface area is 195 Å². The maximum Gasteiger partial charge on any atom is 0.338 e. The number of nitrogens with zero attached hydrogens (tertiary/aromatic N) is 3. The Morgan fingerprint density at radius 3 is 2.36 bits per heavy atom. The Morgan fingerprint density at radius 1 is 1.09 bits per heavy atom. The van der Waals surface area contributed by atoms with Gasteiger partial charge in [-0.15, -0.1) is 0 Å². The number of esters is 1. The number of hydrogen-bond acceptors (Lipinski definition) is 7. The molecular formula is C22H23ClN4O6. The quantitative estimate of drug-likeness (QED) is 0.387. The third-order valence-electron chi connectivity index (χ3n) is 5.23. The minimum atomic E-state index is -0.666. The molecule has 2 aromatic carbocycles. The van der Waals surface area contributed by atoms with Gasteiger partial charge in [-0.1, -0.05) is 11.6 Å². The molecule has 2 aromatic rings. The van der Waals surface area contributed by atoms with E-state index in [1.54, 1.807) is 24.0 Å². The normalized spacial score (nSPS) is 13.4. The van der Waals surface area contributed by atoms with Gasteiger partial charge in [0.25, 0.3) is 11.6 Å². The van der Waals surface area contributed by atoms with Gasteiger partial charge >= 0.3 is 5.97 Å². The first-order valence-corrected chi connectivity index (χ1v) is 10.7. The van der Waals surface area contributed by atoms with Crippen molar-refractivity contribution in [2.24, 2.45) is 0 Å². The molecule has 0 aromatic heterocycles. The molecule has 1 saturated heterocycles. The lowest BCUT2D eigenvalue weighted by atomic mass is 10.1. The van der Waals surface area contributed by atoms with Crippen LogP contribution >= 0.6 is 11.6 Å². The Balaban J connectivity index is 1.92. The molecule has 0 unspecified atom stereocenters. The van der Waals surface area contributed by atoms with Crippen molar-refractivity contribution in [2.75, 3.05) is 43.0 Å². The summed E-state index contributed by atoms with van der Waals surface area (Å²) in [4.78, 5) is 51.0. The first-order valence-electron chi connectivity index (χ1n) is 10.3. The SMILES string of the molecule is CCOC(=O)c1ccc(N2CCN(C(C)=O)CC2)c(NC(=O)c2ccc(Cl)c([N+](=O)[O-])c2)c1. The number of halogens is 1. The van der Waals surface area contributed by atoms with Crippen LogP contribution in [0.3, 0.4) is 0 Å². The Morgan fingerprint density at radius 2 is 1.76 bits per heavy atom. The monoisotopic (exact) mass is 474 g/mol. The van der Waals surface area contributed by atoms with Crippen molar-refractivity contribution in [1.82, 2.24) is 4.90 Å². The predicted octanol–water partition coefficient (Wildman–Crippen LogP) is 3.35. The molecule has 1 aliphatic rings. The van der Waals surface area contributed by atoms with Crippen LogP contribution in [0.4, 0.5) is 17.1 Å². The lowest BCUT2D eigenvalue weighted by Crippen LogP contribution is -2.48. The van der Waals surface area contributed by atoms with E-state index in [2.05, 4.69) is 5.32 Å². The number of hydrogen-bond donors (Lipinski definition) is 1. The van der Waals surface area contributed by atoms with Gasteiger partial charge in [-0.3, -0.25) is 19.7 Å². The molecule has 3 rings (SSSR count). The predicted molar refractivity (Wildman–Crippen MR) is 123 cm³/mol. The van der Waals surface area contributed by atoms with E-state index in [1.165, 1.54) is 25.1 Å². The van der Waals surface area contributed by atoms with Crippen LogP contribution in [0.25, 0.3) is 0 Å². The third kappa shape index (κ3) is 5.58. The Kier molecular flexibility index (Phi) is 7.49. The van der Waals surface area contributed by atoms with E-state index in [1.807, 2.05) is 4.90 Å². The lowest BCUT2D eigenvalue weighted by Gasteiger charge is -2.36. The molecule has 2 amide bonds.